The van der Waals surface area contributed by atoms with Crippen molar-refractivity contribution in [2.45, 2.75) is 63.1 Å². The normalized spacial score (nSPS) is 27.0. The van der Waals surface area contributed by atoms with Gasteiger partial charge >= 0.3 is 0 Å². The number of alkyl halides is 2. The van der Waals surface area contributed by atoms with E-state index in [1.54, 1.807) is 0 Å². The third-order valence-corrected chi connectivity index (χ3v) is 7.60. The van der Waals surface area contributed by atoms with Gasteiger partial charge in [0, 0.05) is 61.7 Å². The van der Waals surface area contributed by atoms with Crippen LogP contribution in [-0.4, -0.2) is 45.0 Å². The van der Waals surface area contributed by atoms with Crippen molar-refractivity contribution < 1.29 is 8.78 Å². The summed E-state index contributed by atoms with van der Waals surface area (Å²) < 4.78 is 28.0. The standard InChI is InChI=1S/C24H31F2N7/c25-24(26)9-16(10-24)11-27-12-18-8-17-5-4-15(7-22(17)29-18)6-19-14-33(32-30-19)23-3-1-2-21-20(23)13-28-31-21/h4-5,7-8,14,16,20-21,23,27-29,31H,1-3,6,9-13H2. The first-order valence-corrected chi connectivity index (χ1v) is 12.1. The van der Waals surface area contributed by atoms with E-state index >= 15 is 0 Å². The molecule has 33 heavy (non-hydrogen) atoms. The number of fused-ring (bicyclic) bond motifs is 2. The van der Waals surface area contributed by atoms with Crippen molar-refractivity contribution in [2.24, 2.45) is 11.8 Å². The maximum Gasteiger partial charge on any atom is 0.248 e. The van der Waals surface area contributed by atoms with Crippen LogP contribution in [0.4, 0.5) is 8.78 Å². The molecule has 1 aromatic carbocycles. The Morgan fingerprint density at radius 2 is 2.09 bits per heavy atom. The fourth-order valence-electron chi connectivity index (χ4n) is 5.88. The molecule has 3 unspecified atom stereocenters. The third kappa shape index (κ3) is 4.41. The minimum atomic E-state index is -2.45. The summed E-state index contributed by atoms with van der Waals surface area (Å²) in [4.78, 5) is 3.46. The Balaban J connectivity index is 1.08. The summed E-state index contributed by atoms with van der Waals surface area (Å²) in [5.74, 6) is -1.79. The molecule has 0 radical (unpaired) electrons. The highest BCUT2D eigenvalue weighted by Gasteiger charge is 2.44. The van der Waals surface area contributed by atoms with Crippen molar-refractivity contribution in [3.05, 3.63) is 47.4 Å². The van der Waals surface area contributed by atoms with Crippen molar-refractivity contribution >= 4 is 10.9 Å². The number of benzene rings is 1. The maximum absolute atomic E-state index is 13.0. The predicted molar refractivity (Wildman–Crippen MR) is 122 cm³/mol. The quantitative estimate of drug-likeness (QED) is 0.440. The molecular weight excluding hydrogens is 424 g/mol. The molecule has 2 aliphatic carbocycles. The van der Waals surface area contributed by atoms with E-state index in [9.17, 15) is 8.78 Å². The molecule has 1 aliphatic heterocycles. The van der Waals surface area contributed by atoms with Gasteiger partial charge in [0.25, 0.3) is 0 Å². The Bertz CT molecular complexity index is 1120. The van der Waals surface area contributed by atoms with Crippen LogP contribution in [0.25, 0.3) is 10.9 Å². The Labute approximate surface area is 191 Å². The summed E-state index contributed by atoms with van der Waals surface area (Å²) in [5.41, 5.74) is 11.1. The Kier molecular flexibility index (Phi) is 5.43. The zero-order valence-corrected chi connectivity index (χ0v) is 18.7. The second kappa shape index (κ2) is 8.45. The molecule has 3 aromatic rings. The van der Waals surface area contributed by atoms with Gasteiger partial charge < -0.3 is 10.3 Å². The molecule has 7 nitrogen and oxygen atoms in total. The van der Waals surface area contributed by atoms with Crippen LogP contribution in [-0.2, 0) is 13.0 Å². The van der Waals surface area contributed by atoms with E-state index in [2.05, 4.69) is 66.6 Å². The molecule has 0 spiro atoms. The zero-order chi connectivity index (χ0) is 22.4. The number of nitrogens with one attached hydrogen (secondary N) is 4. The molecule has 2 saturated carbocycles. The third-order valence-electron chi connectivity index (χ3n) is 7.60. The Morgan fingerprint density at radius 3 is 2.97 bits per heavy atom. The summed E-state index contributed by atoms with van der Waals surface area (Å²) in [6, 6.07) is 9.50. The summed E-state index contributed by atoms with van der Waals surface area (Å²) >= 11 is 0. The number of hydrogen-bond acceptors (Lipinski definition) is 5. The Morgan fingerprint density at radius 1 is 1.18 bits per heavy atom. The van der Waals surface area contributed by atoms with Crippen LogP contribution in [0.3, 0.4) is 0 Å². The van der Waals surface area contributed by atoms with Gasteiger partial charge in [-0.05, 0) is 54.8 Å². The molecule has 0 bridgehead atoms. The summed E-state index contributed by atoms with van der Waals surface area (Å²) in [6.45, 7) is 2.28. The van der Waals surface area contributed by atoms with Crippen molar-refractivity contribution in [3.63, 3.8) is 0 Å². The first-order chi connectivity index (χ1) is 16.0. The molecule has 9 heteroatoms. The second-order valence-electron chi connectivity index (χ2n) is 10.1. The van der Waals surface area contributed by atoms with Gasteiger partial charge in [-0.1, -0.05) is 17.3 Å². The highest BCUT2D eigenvalue weighted by molar-refractivity contribution is 5.81. The number of aromatic nitrogens is 4. The van der Waals surface area contributed by atoms with Crippen LogP contribution in [0.15, 0.2) is 30.5 Å². The number of hydrazine groups is 1. The number of hydrogen-bond donors (Lipinski definition) is 4. The van der Waals surface area contributed by atoms with Gasteiger partial charge in [0.15, 0.2) is 0 Å². The van der Waals surface area contributed by atoms with Crippen molar-refractivity contribution in [1.82, 2.24) is 36.1 Å². The average molecular weight is 456 g/mol. The van der Waals surface area contributed by atoms with Crippen molar-refractivity contribution in [2.75, 3.05) is 13.1 Å². The van der Waals surface area contributed by atoms with Crippen LogP contribution in [0.1, 0.15) is 55.1 Å². The lowest BCUT2D eigenvalue weighted by Crippen LogP contribution is -2.40. The summed E-state index contributed by atoms with van der Waals surface area (Å²) in [6.07, 6.45) is 6.47. The highest BCUT2D eigenvalue weighted by atomic mass is 19.3. The van der Waals surface area contributed by atoms with E-state index in [1.807, 2.05) is 0 Å². The molecule has 1 saturated heterocycles. The lowest BCUT2D eigenvalue weighted by atomic mass is 9.81. The van der Waals surface area contributed by atoms with Gasteiger partial charge in [-0.25, -0.2) is 13.5 Å². The van der Waals surface area contributed by atoms with E-state index in [0.29, 0.717) is 31.1 Å². The van der Waals surface area contributed by atoms with Gasteiger partial charge in [0.05, 0.1) is 11.7 Å². The fraction of sp³-hybridized carbons (Fsp3) is 0.583. The molecule has 3 fully saturated rings. The number of nitrogens with zero attached hydrogens (tertiary/aromatic N) is 3. The minimum Gasteiger partial charge on any atom is -0.357 e. The Hall–Kier alpha value is -2.36. The largest absolute Gasteiger partial charge is 0.357 e. The second-order valence-corrected chi connectivity index (χ2v) is 10.1. The van der Waals surface area contributed by atoms with Gasteiger partial charge in [-0.2, -0.15) is 0 Å². The van der Waals surface area contributed by atoms with Crippen LogP contribution in [0.2, 0.25) is 0 Å². The highest BCUT2D eigenvalue weighted by Crippen LogP contribution is 2.41. The lowest BCUT2D eigenvalue weighted by molar-refractivity contribution is -0.109. The van der Waals surface area contributed by atoms with E-state index in [0.717, 1.165) is 41.7 Å². The first-order valence-electron chi connectivity index (χ1n) is 12.1. The van der Waals surface area contributed by atoms with Gasteiger partial charge in [-0.3, -0.25) is 10.9 Å². The SMILES string of the molecule is FC1(F)CC(CNCc2cc3ccc(Cc4cn(C5CCCC6NNCC65)nn4)cc3[nH]2)C1. The van der Waals surface area contributed by atoms with Gasteiger partial charge in [-0.15, -0.1) is 5.10 Å². The minimum absolute atomic E-state index is 0.0104. The van der Waals surface area contributed by atoms with Crippen LogP contribution in [0, 0.1) is 11.8 Å². The van der Waals surface area contributed by atoms with Gasteiger partial charge in [0.2, 0.25) is 5.92 Å². The molecule has 3 atom stereocenters. The topological polar surface area (TPSA) is 82.6 Å². The zero-order valence-electron chi connectivity index (χ0n) is 18.7. The number of halogens is 2. The number of aromatic amines is 1. The molecule has 3 aliphatic rings. The molecule has 176 valence electrons. The molecule has 0 amide bonds. The summed E-state index contributed by atoms with van der Waals surface area (Å²) in [5, 5.41) is 13.4. The first kappa shape index (κ1) is 21.2. The monoisotopic (exact) mass is 455 g/mol. The number of H-pyrrole nitrogens is 1. The average Bonchev–Trinajstić information content (AvgIpc) is 3.51. The molecule has 2 aromatic heterocycles. The van der Waals surface area contributed by atoms with Crippen LogP contribution >= 0.6 is 0 Å². The lowest BCUT2D eigenvalue weighted by Gasteiger charge is -2.34. The van der Waals surface area contributed by atoms with Crippen LogP contribution < -0.4 is 16.2 Å². The maximum atomic E-state index is 13.0. The van der Waals surface area contributed by atoms with Crippen molar-refractivity contribution in [3.8, 4) is 0 Å². The van der Waals surface area contributed by atoms with E-state index in [1.165, 1.54) is 18.4 Å². The molecule has 4 N–H and O–H groups in total. The fourth-order valence-corrected chi connectivity index (χ4v) is 5.88. The van der Waals surface area contributed by atoms with Crippen molar-refractivity contribution in [1.29, 1.82) is 0 Å². The molecule has 3 heterocycles. The molecular formula is C24H31F2N7. The predicted octanol–water partition coefficient (Wildman–Crippen LogP) is 3.30. The van der Waals surface area contributed by atoms with E-state index < -0.39 is 5.92 Å². The smallest absolute Gasteiger partial charge is 0.248 e. The molecule has 6 rings (SSSR count). The van der Waals surface area contributed by atoms with Gasteiger partial charge in [0.1, 0.15) is 0 Å². The van der Waals surface area contributed by atoms with Crippen LogP contribution in [0.5, 0.6) is 0 Å². The number of rotatable bonds is 7. The van der Waals surface area contributed by atoms with E-state index in [4.69, 9.17) is 0 Å². The van der Waals surface area contributed by atoms with E-state index in [-0.39, 0.29) is 18.8 Å². The summed E-state index contributed by atoms with van der Waals surface area (Å²) in [7, 11) is 0.